The Labute approximate surface area is 187 Å². The monoisotopic (exact) mass is 432 g/mol. The van der Waals surface area contributed by atoms with E-state index in [9.17, 15) is 9.59 Å². The third-order valence-electron chi connectivity index (χ3n) is 5.59. The van der Waals surface area contributed by atoms with Crippen LogP contribution < -0.4 is 21.1 Å². The number of aryl methyl sites for hydroxylation is 1. The van der Waals surface area contributed by atoms with Gasteiger partial charge in [0.05, 0.1) is 5.69 Å². The molecule has 0 spiro atoms. The molecule has 166 valence electrons. The van der Waals surface area contributed by atoms with Crippen molar-refractivity contribution in [2.45, 2.75) is 39.3 Å². The summed E-state index contributed by atoms with van der Waals surface area (Å²) in [7, 11) is 0. The number of pyridine rings is 1. The van der Waals surface area contributed by atoms with Crippen LogP contribution in [0.1, 0.15) is 36.8 Å². The van der Waals surface area contributed by atoms with E-state index in [0.717, 1.165) is 30.9 Å². The van der Waals surface area contributed by atoms with Crippen LogP contribution in [0.25, 0.3) is 11.3 Å². The van der Waals surface area contributed by atoms with Crippen molar-refractivity contribution in [2.75, 3.05) is 23.3 Å². The van der Waals surface area contributed by atoms with Gasteiger partial charge in [-0.3, -0.25) is 9.59 Å². The first-order chi connectivity index (χ1) is 15.4. The van der Waals surface area contributed by atoms with Crippen LogP contribution in [-0.4, -0.2) is 46.0 Å². The first-order valence-corrected chi connectivity index (χ1v) is 10.9. The van der Waals surface area contributed by atoms with Crippen LogP contribution >= 0.6 is 0 Å². The molecule has 32 heavy (non-hydrogen) atoms. The zero-order valence-corrected chi connectivity index (χ0v) is 18.6. The largest absolute Gasteiger partial charge is 0.368 e. The van der Waals surface area contributed by atoms with Crippen LogP contribution in [0.3, 0.4) is 0 Å². The quantitative estimate of drug-likeness (QED) is 0.573. The van der Waals surface area contributed by atoms with Crippen LogP contribution in [0.4, 0.5) is 11.4 Å². The van der Waals surface area contributed by atoms with Gasteiger partial charge in [0.2, 0.25) is 0 Å². The maximum atomic E-state index is 12.8. The van der Waals surface area contributed by atoms with Crippen molar-refractivity contribution in [3.63, 3.8) is 0 Å². The number of hydrogen-bond acceptors (Lipinski definition) is 6. The molecular weight excluding hydrogens is 404 g/mol. The Morgan fingerprint density at radius 1 is 1.12 bits per heavy atom. The van der Waals surface area contributed by atoms with Gasteiger partial charge in [0.1, 0.15) is 12.0 Å². The molecule has 3 aromatic rings. The number of amides is 1. The molecule has 2 atom stereocenters. The van der Waals surface area contributed by atoms with Crippen molar-refractivity contribution >= 4 is 17.3 Å². The highest BCUT2D eigenvalue weighted by molar-refractivity contribution is 6.04. The number of benzene rings is 1. The van der Waals surface area contributed by atoms with E-state index in [2.05, 4.69) is 44.3 Å². The minimum Gasteiger partial charge on any atom is -0.368 e. The lowest BCUT2D eigenvalue weighted by molar-refractivity contribution is 0.102. The van der Waals surface area contributed by atoms with Crippen LogP contribution in [0, 0.1) is 0 Å². The number of rotatable bonds is 5. The number of aromatic amines is 1. The summed E-state index contributed by atoms with van der Waals surface area (Å²) in [6.07, 6.45) is 3.87. The highest BCUT2D eigenvalue weighted by Gasteiger charge is 2.21. The Morgan fingerprint density at radius 2 is 1.84 bits per heavy atom. The molecule has 3 heterocycles. The highest BCUT2D eigenvalue weighted by atomic mass is 16.2. The minimum atomic E-state index is -0.368. The maximum absolute atomic E-state index is 12.8. The number of carbonyl (C=O) groups excluding carboxylic acids is 1. The molecule has 1 aliphatic heterocycles. The second-order valence-corrected chi connectivity index (χ2v) is 8.25. The van der Waals surface area contributed by atoms with Gasteiger partial charge in [-0.1, -0.05) is 6.92 Å². The van der Waals surface area contributed by atoms with E-state index in [1.54, 1.807) is 24.4 Å². The summed E-state index contributed by atoms with van der Waals surface area (Å²) >= 11 is 0. The molecule has 1 fully saturated rings. The fourth-order valence-electron chi connectivity index (χ4n) is 4.03. The Hall–Kier alpha value is -3.52. The molecule has 1 saturated heterocycles. The highest BCUT2D eigenvalue weighted by Crippen LogP contribution is 2.21. The van der Waals surface area contributed by atoms with E-state index in [1.807, 2.05) is 25.1 Å². The molecule has 0 radical (unpaired) electrons. The maximum Gasteiger partial charge on any atom is 0.271 e. The third-order valence-corrected chi connectivity index (χ3v) is 5.59. The predicted molar refractivity (Wildman–Crippen MR) is 126 cm³/mol. The summed E-state index contributed by atoms with van der Waals surface area (Å²) < 4.78 is 0. The van der Waals surface area contributed by atoms with Crippen molar-refractivity contribution in [1.82, 2.24) is 20.3 Å². The van der Waals surface area contributed by atoms with Gasteiger partial charge in [0, 0.05) is 53.9 Å². The Morgan fingerprint density at radius 3 is 2.53 bits per heavy atom. The lowest BCUT2D eigenvalue weighted by Gasteiger charge is -2.37. The molecule has 4 rings (SSSR count). The van der Waals surface area contributed by atoms with Crippen molar-refractivity contribution in [3.8, 4) is 11.3 Å². The molecule has 1 aliphatic rings. The molecule has 2 aromatic heterocycles. The zero-order valence-electron chi connectivity index (χ0n) is 18.6. The lowest BCUT2D eigenvalue weighted by atomic mass is 10.1. The SMILES string of the molecule is CCc1cc(-c2c[nH]c(=O)c(NC(=O)c3ccc(N4C[C@@H](C)N[C@@H](C)C4)cc3)c2)ncn1. The number of nitrogens with one attached hydrogen (secondary N) is 3. The number of hydrogen-bond donors (Lipinski definition) is 3. The van der Waals surface area contributed by atoms with E-state index in [4.69, 9.17) is 0 Å². The van der Waals surface area contributed by atoms with E-state index in [1.165, 1.54) is 6.33 Å². The van der Waals surface area contributed by atoms with Gasteiger partial charge in [-0.15, -0.1) is 0 Å². The van der Waals surface area contributed by atoms with E-state index < -0.39 is 0 Å². The van der Waals surface area contributed by atoms with Gasteiger partial charge in [0.15, 0.2) is 0 Å². The topological polar surface area (TPSA) is 103 Å². The number of piperazine rings is 1. The van der Waals surface area contributed by atoms with E-state index in [0.29, 0.717) is 28.9 Å². The normalized spacial score (nSPS) is 18.4. The molecule has 0 unspecified atom stereocenters. The molecule has 0 aliphatic carbocycles. The van der Waals surface area contributed by atoms with Crippen LogP contribution in [-0.2, 0) is 6.42 Å². The average Bonchev–Trinajstić information content (AvgIpc) is 2.80. The lowest BCUT2D eigenvalue weighted by Crippen LogP contribution is -2.54. The zero-order chi connectivity index (χ0) is 22.7. The molecule has 3 N–H and O–H groups in total. The number of anilines is 2. The van der Waals surface area contributed by atoms with Crippen LogP contribution in [0.2, 0.25) is 0 Å². The predicted octanol–water partition coefficient (Wildman–Crippen LogP) is 2.83. The van der Waals surface area contributed by atoms with E-state index >= 15 is 0 Å². The third kappa shape index (κ3) is 4.86. The molecule has 1 amide bonds. The van der Waals surface area contributed by atoms with Crippen molar-refractivity contribution in [3.05, 3.63) is 70.5 Å². The van der Waals surface area contributed by atoms with Crippen LogP contribution in [0.5, 0.6) is 0 Å². The van der Waals surface area contributed by atoms with Gasteiger partial charge >= 0.3 is 0 Å². The van der Waals surface area contributed by atoms with Gasteiger partial charge in [-0.25, -0.2) is 9.97 Å². The Kier molecular flexibility index (Phi) is 6.32. The molecular formula is C24H28N6O2. The molecule has 8 nitrogen and oxygen atoms in total. The Balaban J connectivity index is 1.50. The first kappa shape index (κ1) is 21.7. The van der Waals surface area contributed by atoms with Gasteiger partial charge in [0.25, 0.3) is 11.5 Å². The number of H-pyrrole nitrogens is 1. The van der Waals surface area contributed by atoms with Crippen molar-refractivity contribution in [2.24, 2.45) is 0 Å². The van der Waals surface area contributed by atoms with Gasteiger partial charge in [-0.05, 0) is 56.7 Å². The van der Waals surface area contributed by atoms with Gasteiger partial charge < -0.3 is 20.5 Å². The number of nitrogens with zero attached hydrogens (tertiary/aromatic N) is 3. The van der Waals surface area contributed by atoms with Crippen LogP contribution in [0.15, 0.2) is 53.7 Å². The second-order valence-electron chi connectivity index (χ2n) is 8.25. The molecule has 8 heteroatoms. The number of aromatic nitrogens is 3. The fourth-order valence-corrected chi connectivity index (χ4v) is 4.03. The standard InChI is InChI=1S/C24H28N6O2/c1-4-19-10-21(27-14-26-19)18-9-22(24(32)25-11-18)29-23(31)17-5-7-20(8-6-17)30-12-15(2)28-16(3)13-30/h5-11,14-16,28H,4,12-13H2,1-3H3,(H,25,32)(H,29,31)/t15-,16+. The number of carbonyl (C=O) groups is 1. The summed E-state index contributed by atoms with van der Waals surface area (Å²) in [5.74, 6) is -0.335. The van der Waals surface area contributed by atoms with Gasteiger partial charge in [-0.2, -0.15) is 0 Å². The molecule has 0 bridgehead atoms. The first-order valence-electron chi connectivity index (χ1n) is 10.9. The summed E-state index contributed by atoms with van der Waals surface area (Å²) in [5, 5.41) is 6.25. The summed E-state index contributed by atoms with van der Waals surface area (Å²) in [6, 6.07) is 11.8. The smallest absolute Gasteiger partial charge is 0.271 e. The minimum absolute atomic E-state index is 0.179. The Bertz CT molecular complexity index is 1150. The fraction of sp³-hybridized carbons (Fsp3) is 0.333. The van der Waals surface area contributed by atoms with Crippen molar-refractivity contribution < 1.29 is 4.79 Å². The molecule has 0 saturated carbocycles. The molecule has 1 aromatic carbocycles. The van der Waals surface area contributed by atoms with E-state index in [-0.39, 0.29) is 17.2 Å². The summed E-state index contributed by atoms with van der Waals surface area (Å²) in [5.41, 5.74) is 3.68. The summed E-state index contributed by atoms with van der Waals surface area (Å²) in [4.78, 5) is 38.6. The summed E-state index contributed by atoms with van der Waals surface area (Å²) in [6.45, 7) is 8.18. The van der Waals surface area contributed by atoms with Crippen molar-refractivity contribution in [1.29, 1.82) is 0 Å². The second kappa shape index (κ2) is 9.32. The average molecular weight is 433 g/mol.